The minimum absolute atomic E-state index is 0.279. The summed E-state index contributed by atoms with van der Waals surface area (Å²) in [6, 6.07) is 15.1. The summed E-state index contributed by atoms with van der Waals surface area (Å²) in [7, 11) is 0. The Labute approximate surface area is 176 Å². The summed E-state index contributed by atoms with van der Waals surface area (Å²) in [6.45, 7) is 8.19. The van der Waals surface area contributed by atoms with Gasteiger partial charge in [0, 0.05) is 29.6 Å². The molecule has 3 rings (SSSR count). The van der Waals surface area contributed by atoms with Crippen LogP contribution in [0.3, 0.4) is 0 Å². The van der Waals surface area contributed by atoms with Crippen LogP contribution in [-0.4, -0.2) is 12.6 Å². The number of hydrogen-bond acceptors (Lipinski definition) is 6. The lowest BCUT2D eigenvalue weighted by Gasteiger charge is -2.45. The van der Waals surface area contributed by atoms with Gasteiger partial charge in [-0.25, -0.2) is 0 Å². The highest BCUT2D eigenvalue weighted by Crippen LogP contribution is 2.44. The fraction of sp³-hybridized carbons (Fsp3) is 0.478. The van der Waals surface area contributed by atoms with Crippen LogP contribution in [0.25, 0.3) is 0 Å². The number of hydrogen-bond donors (Lipinski definition) is 6. The average molecular weight is 401 g/mol. The van der Waals surface area contributed by atoms with Crippen molar-refractivity contribution < 1.29 is 0 Å². The first-order valence-electron chi connectivity index (χ1n) is 10.1. The predicted octanol–water partition coefficient (Wildman–Crippen LogP) is 3.07. The molecule has 1 aliphatic carbocycles. The third-order valence-corrected chi connectivity index (χ3v) is 5.09. The minimum atomic E-state index is 0.279. The Kier molecular flexibility index (Phi) is 9.43. The highest BCUT2D eigenvalue weighted by molar-refractivity contribution is 5.50. The average Bonchev–Trinajstić information content (AvgIpc) is 2.61. The van der Waals surface area contributed by atoms with Crippen LogP contribution < -0.4 is 34.4 Å². The Bertz CT molecular complexity index is 711. The van der Waals surface area contributed by atoms with Crippen LogP contribution in [0.4, 0.5) is 17.1 Å². The lowest BCUT2D eigenvalue weighted by Crippen LogP contribution is -2.45. The SMILES string of the molecule is CC1(C)CC(N)CC(C)(CN)C1.NCc1ccc(N)cc1.Nc1cccc(N)c1. The van der Waals surface area contributed by atoms with E-state index in [0.29, 0.717) is 29.4 Å². The number of rotatable bonds is 2. The van der Waals surface area contributed by atoms with Crippen LogP contribution in [0.1, 0.15) is 45.6 Å². The van der Waals surface area contributed by atoms with E-state index >= 15 is 0 Å². The summed E-state index contributed by atoms with van der Waals surface area (Å²) in [5.74, 6) is 0. The first kappa shape index (κ1) is 24.8. The molecule has 2 aromatic carbocycles. The van der Waals surface area contributed by atoms with Crippen LogP contribution in [0.2, 0.25) is 0 Å². The van der Waals surface area contributed by atoms with Crippen molar-refractivity contribution in [2.45, 2.75) is 52.6 Å². The van der Waals surface area contributed by atoms with E-state index < -0.39 is 0 Å². The molecule has 162 valence electrons. The van der Waals surface area contributed by atoms with E-state index in [2.05, 4.69) is 20.8 Å². The molecule has 1 aliphatic rings. The van der Waals surface area contributed by atoms with E-state index in [1.165, 1.54) is 6.42 Å². The van der Waals surface area contributed by atoms with Crippen molar-refractivity contribution in [3.63, 3.8) is 0 Å². The maximum Gasteiger partial charge on any atom is 0.0334 e. The van der Waals surface area contributed by atoms with Crippen LogP contribution in [0.5, 0.6) is 0 Å². The third kappa shape index (κ3) is 9.65. The van der Waals surface area contributed by atoms with E-state index in [1.807, 2.05) is 30.3 Å². The number of benzene rings is 2. The monoisotopic (exact) mass is 400 g/mol. The van der Waals surface area contributed by atoms with E-state index in [-0.39, 0.29) is 5.41 Å². The molecule has 6 nitrogen and oxygen atoms in total. The minimum Gasteiger partial charge on any atom is -0.399 e. The predicted molar refractivity (Wildman–Crippen MR) is 127 cm³/mol. The molecule has 0 aromatic heterocycles. The molecule has 2 unspecified atom stereocenters. The Hall–Kier alpha value is -2.28. The highest BCUT2D eigenvalue weighted by atomic mass is 14.7. The van der Waals surface area contributed by atoms with E-state index in [4.69, 9.17) is 34.4 Å². The number of anilines is 3. The van der Waals surface area contributed by atoms with Crippen molar-refractivity contribution in [3.8, 4) is 0 Å². The second-order valence-corrected chi connectivity index (χ2v) is 9.14. The molecular formula is C23H40N6. The Morgan fingerprint density at radius 1 is 0.828 bits per heavy atom. The summed E-state index contributed by atoms with van der Waals surface area (Å²) < 4.78 is 0. The first-order valence-corrected chi connectivity index (χ1v) is 10.1. The van der Waals surface area contributed by atoms with Gasteiger partial charge in [-0.3, -0.25) is 0 Å². The molecule has 29 heavy (non-hydrogen) atoms. The van der Waals surface area contributed by atoms with Crippen LogP contribution >= 0.6 is 0 Å². The van der Waals surface area contributed by atoms with Crippen LogP contribution in [-0.2, 0) is 6.54 Å². The quantitative estimate of drug-likeness (QED) is 0.425. The number of nitrogen functional groups attached to an aromatic ring is 3. The fourth-order valence-corrected chi connectivity index (χ4v) is 4.08. The molecule has 2 atom stereocenters. The maximum atomic E-state index is 6.01. The second-order valence-electron chi connectivity index (χ2n) is 9.14. The summed E-state index contributed by atoms with van der Waals surface area (Å²) in [6.07, 6.45) is 3.44. The van der Waals surface area contributed by atoms with Gasteiger partial charge in [-0.15, -0.1) is 0 Å². The zero-order valence-corrected chi connectivity index (χ0v) is 18.2. The van der Waals surface area contributed by atoms with Crippen molar-refractivity contribution in [1.29, 1.82) is 0 Å². The molecule has 2 aromatic rings. The second kappa shape index (κ2) is 11.0. The van der Waals surface area contributed by atoms with Crippen molar-refractivity contribution in [3.05, 3.63) is 54.1 Å². The summed E-state index contributed by atoms with van der Waals surface area (Å²) in [4.78, 5) is 0. The van der Waals surface area contributed by atoms with Gasteiger partial charge >= 0.3 is 0 Å². The van der Waals surface area contributed by atoms with Crippen LogP contribution in [0.15, 0.2) is 48.5 Å². The summed E-state index contributed by atoms with van der Waals surface area (Å²) in [5, 5.41) is 0. The molecule has 0 amide bonds. The Balaban J connectivity index is 0.000000223. The summed E-state index contributed by atoms with van der Waals surface area (Å²) in [5.41, 5.74) is 37.3. The molecule has 0 bridgehead atoms. The largest absolute Gasteiger partial charge is 0.399 e. The molecule has 12 N–H and O–H groups in total. The molecular weight excluding hydrogens is 360 g/mol. The van der Waals surface area contributed by atoms with Gasteiger partial charge in [-0.1, -0.05) is 39.0 Å². The molecule has 0 heterocycles. The third-order valence-electron chi connectivity index (χ3n) is 5.09. The van der Waals surface area contributed by atoms with Gasteiger partial charge in [0.25, 0.3) is 0 Å². The van der Waals surface area contributed by atoms with Crippen molar-refractivity contribution >= 4 is 17.1 Å². The van der Waals surface area contributed by atoms with Gasteiger partial charge in [-0.2, -0.15) is 0 Å². The van der Waals surface area contributed by atoms with Gasteiger partial charge in [0.05, 0.1) is 0 Å². The van der Waals surface area contributed by atoms with Gasteiger partial charge in [0.15, 0.2) is 0 Å². The van der Waals surface area contributed by atoms with E-state index in [9.17, 15) is 0 Å². The normalized spacial score (nSPS) is 22.5. The Morgan fingerprint density at radius 3 is 1.76 bits per heavy atom. The number of nitrogens with two attached hydrogens (primary N) is 6. The standard InChI is InChI=1S/C10H22N2.C7H10N2.C6H8N2/c1-9(2)4-8(12)5-10(3,6-9)7-11;8-5-6-1-3-7(9)4-2-6;7-5-2-1-3-6(8)4-5/h8H,4-7,11-12H2,1-3H3;1-4H,5,8-9H2;1-4H,7-8H2. The highest BCUT2D eigenvalue weighted by Gasteiger charge is 2.38. The van der Waals surface area contributed by atoms with Crippen molar-refractivity contribution in [2.24, 2.45) is 28.0 Å². The Morgan fingerprint density at radius 2 is 1.38 bits per heavy atom. The van der Waals surface area contributed by atoms with E-state index in [0.717, 1.165) is 30.6 Å². The molecule has 1 saturated carbocycles. The zero-order chi connectivity index (χ0) is 22.1. The lowest BCUT2D eigenvalue weighted by molar-refractivity contribution is 0.0904. The van der Waals surface area contributed by atoms with Crippen molar-refractivity contribution in [2.75, 3.05) is 23.7 Å². The van der Waals surface area contributed by atoms with Crippen LogP contribution in [0, 0.1) is 10.8 Å². The summed E-state index contributed by atoms with van der Waals surface area (Å²) >= 11 is 0. The van der Waals surface area contributed by atoms with E-state index in [1.54, 1.807) is 18.2 Å². The lowest BCUT2D eigenvalue weighted by atomic mass is 9.63. The van der Waals surface area contributed by atoms with Gasteiger partial charge in [0.1, 0.15) is 0 Å². The van der Waals surface area contributed by atoms with Gasteiger partial charge < -0.3 is 34.4 Å². The molecule has 0 aliphatic heterocycles. The fourth-order valence-electron chi connectivity index (χ4n) is 4.08. The first-order chi connectivity index (χ1) is 13.5. The maximum absolute atomic E-state index is 6.01. The van der Waals surface area contributed by atoms with Gasteiger partial charge in [0.2, 0.25) is 0 Å². The van der Waals surface area contributed by atoms with Gasteiger partial charge in [-0.05, 0) is 72.5 Å². The topological polar surface area (TPSA) is 156 Å². The smallest absolute Gasteiger partial charge is 0.0334 e. The van der Waals surface area contributed by atoms with Crippen molar-refractivity contribution in [1.82, 2.24) is 0 Å². The molecule has 0 radical (unpaired) electrons. The zero-order valence-electron chi connectivity index (χ0n) is 18.2. The molecule has 0 spiro atoms. The molecule has 1 fully saturated rings. The molecule has 0 saturated heterocycles. The molecule has 6 heteroatoms.